The summed E-state index contributed by atoms with van der Waals surface area (Å²) in [6.45, 7) is 5.15. The molecular formula is C14H15N3O3. The zero-order valence-electron chi connectivity index (χ0n) is 11.8. The second-order valence-electron chi connectivity index (χ2n) is 4.97. The van der Waals surface area contributed by atoms with E-state index in [4.69, 9.17) is 11.2 Å². The number of terminal acetylenes is 1. The fourth-order valence-corrected chi connectivity index (χ4v) is 1.92. The molecule has 0 radical (unpaired) electrons. The molecule has 0 spiro atoms. The van der Waals surface area contributed by atoms with Crippen LogP contribution in [0.4, 0.5) is 0 Å². The molecule has 0 bridgehead atoms. The van der Waals surface area contributed by atoms with E-state index in [0.717, 1.165) is 0 Å². The van der Waals surface area contributed by atoms with Crippen molar-refractivity contribution in [2.75, 3.05) is 0 Å². The maximum Gasteiger partial charge on any atom is 0.341 e. The van der Waals surface area contributed by atoms with Gasteiger partial charge in [-0.25, -0.2) is 9.78 Å². The number of carbonyl (C=O) groups is 1. The van der Waals surface area contributed by atoms with Gasteiger partial charge in [0.05, 0.1) is 11.1 Å². The van der Waals surface area contributed by atoms with Crippen LogP contribution in [-0.4, -0.2) is 31.4 Å². The molecule has 104 valence electrons. The summed E-state index contributed by atoms with van der Waals surface area (Å²) in [5.41, 5.74) is 0.231. The minimum atomic E-state index is -1.12. The topological polar surface area (TPSA) is 77.2 Å². The van der Waals surface area contributed by atoms with Gasteiger partial charge in [-0.15, -0.1) is 6.42 Å². The number of pyridine rings is 1. The normalized spacial score (nSPS) is 11.3. The predicted molar refractivity (Wildman–Crippen MR) is 73.7 cm³/mol. The van der Waals surface area contributed by atoms with E-state index >= 15 is 0 Å². The Bertz CT molecular complexity index is 738. The average Bonchev–Trinajstić information content (AvgIpc) is 2.65. The monoisotopic (exact) mass is 273 g/mol. The van der Waals surface area contributed by atoms with Crippen LogP contribution in [-0.2, 0) is 7.05 Å². The van der Waals surface area contributed by atoms with Crippen molar-refractivity contribution in [3.05, 3.63) is 17.5 Å². The summed E-state index contributed by atoms with van der Waals surface area (Å²) in [5, 5.41) is 14.1. The van der Waals surface area contributed by atoms with E-state index in [9.17, 15) is 9.90 Å². The maximum absolute atomic E-state index is 11.4. The van der Waals surface area contributed by atoms with Crippen molar-refractivity contribution in [2.24, 2.45) is 7.05 Å². The largest absolute Gasteiger partial charge is 0.477 e. The van der Waals surface area contributed by atoms with E-state index in [2.05, 4.69) is 16.0 Å². The van der Waals surface area contributed by atoms with Crippen molar-refractivity contribution in [1.29, 1.82) is 0 Å². The molecule has 6 heteroatoms. The van der Waals surface area contributed by atoms with Gasteiger partial charge in [-0.1, -0.05) is 5.92 Å². The number of carboxylic acid groups (broad SMARTS) is 1. The van der Waals surface area contributed by atoms with E-state index in [0.29, 0.717) is 16.7 Å². The van der Waals surface area contributed by atoms with Crippen LogP contribution in [0.5, 0.6) is 5.75 Å². The lowest BCUT2D eigenvalue weighted by molar-refractivity contribution is 0.0687. The lowest BCUT2D eigenvalue weighted by Crippen LogP contribution is -2.26. The Morgan fingerprint density at radius 1 is 1.55 bits per heavy atom. The van der Waals surface area contributed by atoms with Crippen molar-refractivity contribution in [1.82, 2.24) is 14.8 Å². The van der Waals surface area contributed by atoms with Crippen LogP contribution in [0.3, 0.4) is 0 Å². The van der Waals surface area contributed by atoms with E-state index in [1.54, 1.807) is 32.5 Å². The number of fused-ring (bicyclic) bond motifs is 1. The molecule has 20 heavy (non-hydrogen) atoms. The molecule has 0 aliphatic carbocycles. The molecule has 2 aromatic heterocycles. The van der Waals surface area contributed by atoms with Gasteiger partial charge in [-0.05, 0) is 20.8 Å². The van der Waals surface area contributed by atoms with E-state index in [-0.39, 0.29) is 11.3 Å². The molecule has 2 heterocycles. The molecule has 2 rings (SSSR count). The molecule has 0 saturated heterocycles. The first-order chi connectivity index (χ1) is 9.26. The minimum absolute atomic E-state index is 0.0306. The highest BCUT2D eigenvalue weighted by Crippen LogP contribution is 2.33. The molecule has 0 unspecified atom stereocenters. The predicted octanol–water partition coefficient (Wildman–Crippen LogP) is 1.77. The number of aromatic carboxylic acids is 1. The Hall–Kier alpha value is -2.55. The zero-order chi connectivity index (χ0) is 15.1. The summed E-state index contributed by atoms with van der Waals surface area (Å²) in [4.78, 5) is 15.5. The van der Waals surface area contributed by atoms with Gasteiger partial charge in [0.1, 0.15) is 5.56 Å². The minimum Gasteiger partial charge on any atom is -0.477 e. The molecule has 0 atom stereocenters. The second kappa shape index (κ2) is 4.53. The highest BCUT2D eigenvalue weighted by molar-refractivity contribution is 5.99. The van der Waals surface area contributed by atoms with Gasteiger partial charge in [-0.2, -0.15) is 5.10 Å². The molecule has 1 N–H and O–H groups in total. The summed E-state index contributed by atoms with van der Waals surface area (Å²) in [5.74, 6) is 1.57. The number of ether oxygens (including phenoxy) is 1. The van der Waals surface area contributed by atoms with Crippen LogP contribution in [0.2, 0.25) is 0 Å². The van der Waals surface area contributed by atoms with Crippen molar-refractivity contribution >= 4 is 17.0 Å². The molecule has 0 saturated carbocycles. The van der Waals surface area contributed by atoms with Crippen molar-refractivity contribution < 1.29 is 14.6 Å². The molecule has 2 aromatic rings. The Balaban J connectivity index is 2.79. The van der Waals surface area contributed by atoms with Gasteiger partial charge < -0.3 is 9.84 Å². The van der Waals surface area contributed by atoms with Gasteiger partial charge in [0.2, 0.25) is 0 Å². The standard InChI is InChI=1S/C14H15N3O3/c1-6-14(3,4)20-11-9(13(18)19)7-15-12-10(11)8(2)16-17(12)5/h1,7H,2-5H3,(H,18,19). The van der Waals surface area contributed by atoms with Crippen LogP contribution in [0, 0.1) is 19.3 Å². The van der Waals surface area contributed by atoms with Crippen LogP contribution in [0.25, 0.3) is 11.0 Å². The molecule has 0 amide bonds. The average molecular weight is 273 g/mol. The third-order valence-electron chi connectivity index (χ3n) is 2.91. The van der Waals surface area contributed by atoms with E-state index in [1.165, 1.54) is 6.20 Å². The summed E-state index contributed by atoms with van der Waals surface area (Å²) in [7, 11) is 1.73. The summed E-state index contributed by atoms with van der Waals surface area (Å²) in [6.07, 6.45) is 6.67. The van der Waals surface area contributed by atoms with Crippen molar-refractivity contribution in [3.8, 4) is 18.1 Å². The first kappa shape index (κ1) is 13.9. The quantitative estimate of drug-likeness (QED) is 0.862. The third kappa shape index (κ3) is 2.18. The fraction of sp³-hybridized carbons (Fsp3) is 0.357. The number of aromatic nitrogens is 3. The van der Waals surface area contributed by atoms with Crippen molar-refractivity contribution in [2.45, 2.75) is 26.4 Å². The molecule has 0 aliphatic heterocycles. The van der Waals surface area contributed by atoms with E-state index in [1.807, 2.05) is 0 Å². The molecule has 6 nitrogen and oxygen atoms in total. The Labute approximate surface area is 116 Å². The maximum atomic E-state index is 11.4. The molecular weight excluding hydrogens is 258 g/mol. The summed E-state index contributed by atoms with van der Waals surface area (Å²) < 4.78 is 7.32. The van der Waals surface area contributed by atoms with Gasteiger partial charge in [0, 0.05) is 13.2 Å². The Morgan fingerprint density at radius 2 is 2.20 bits per heavy atom. The van der Waals surface area contributed by atoms with Crippen LogP contribution >= 0.6 is 0 Å². The highest BCUT2D eigenvalue weighted by atomic mass is 16.5. The van der Waals surface area contributed by atoms with Gasteiger partial charge in [-0.3, -0.25) is 4.68 Å². The Morgan fingerprint density at radius 3 is 2.75 bits per heavy atom. The fourth-order valence-electron chi connectivity index (χ4n) is 1.92. The molecule has 0 fully saturated rings. The molecule has 0 aromatic carbocycles. The number of hydrogen-bond acceptors (Lipinski definition) is 4. The van der Waals surface area contributed by atoms with E-state index < -0.39 is 11.6 Å². The highest BCUT2D eigenvalue weighted by Gasteiger charge is 2.25. The first-order valence-corrected chi connectivity index (χ1v) is 5.99. The van der Waals surface area contributed by atoms with Crippen molar-refractivity contribution in [3.63, 3.8) is 0 Å². The smallest absolute Gasteiger partial charge is 0.341 e. The number of aryl methyl sites for hydroxylation is 2. The zero-order valence-corrected chi connectivity index (χ0v) is 11.8. The lowest BCUT2D eigenvalue weighted by Gasteiger charge is -2.22. The number of carboxylic acids is 1. The summed E-state index contributed by atoms with van der Waals surface area (Å²) in [6, 6.07) is 0. The lowest BCUT2D eigenvalue weighted by atomic mass is 10.1. The van der Waals surface area contributed by atoms with Crippen LogP contribution < -0.4 is 4.74 Å². The van der Waals surface area contributed by atoms with Gasteiger partial charge in [0.25, 0.3) is 0 Å². The number of rotatable bonds is 3. The third-order valence-corrected chi connectivity index (χ3v) is 2.91. The Kier molecular flexibility index (Phi) is 3.14. The first-order valence-electron chi connectivity index (χ1n) is 5.99. The van der Waals surface area contributed by atoms with Crippen LogP contribution in [0.1, 0.15) is 29.9 Å². The summed E-state index contributed by atoms with van der Waals surface area (Å²) >= 11 is 0. The SMILES string of the molecule is C#CC(C)(C)Oc1c(C(=O)O)cnc2c1c(C)nn2C. The van der Waals surface area contributed by atoms with Crippen LogP contribution in [0.15, 0.2) is 6.20 Å². The number of nitrogens with zero attached hydrogens (tertiary/aromatic N) is 3. The second-order valence-corrected chi connectivity index (χ2v) is 4.97. The molecule has 0 aliphatic rings. The van der Waals surface area contributed by atoms with Gasteiger partial charge >= 0.3 is 5.97 Å². The van der Waals surface area contributed by atoms with Gasteiger partial charge in [0.15, 0.2) is 17.0 Å². The number of hydrogen-bond donors (Lipinski definition) is 1.